The minimum atomic E-state index is -0.513. The lowest BCUT2D eigenvalue weighted by Crippen LogP contribution is -2.19. The molecule has 2 aromatic rings. The first-order valence-corrected chi connectivity index (χ1v) is 7.39. The molecule has 0 aliphatic carbocycles. The number of hydrogen-bond acceptors (Lipinski definition) is 3. The van der Waals surface area contributed by atoms with Crippen molar-refractivity contribution in [2.75, 3.05) is 19.5 Å². The predicted octanol–water partition coefficient (Wildman–Crippen LogP) is 2.68. The van der Waals surface area contributed by atoms with E-state index < -0.39 is 5.82 Å². The Balaban J connectivity index is 2.12. The summed E-state index contributed by atoms with van der Waals surface area (Å²) in [7, 11) is 2.92. The Morgan fingerprint density at radius 2 is 1.92 bits per heavy atom. The van der Waals surface area contributed by atoms with Gasteiger partial charge in [-0.1, -0.05) is 12.1 Å². The van der Waals surface area contributed by atoms with Crippen LogP contribution in [-0.2, 0) is 11.2 Å². The number of ether oxygens (including phenoxy) is 1. The van der Waals surface area contributed by atoms with Gasteiger partial charge in [-0.05, 0) is 42.3 Å². The molecule has 0 spiro atoms. The van der Waals surface area contributed by atoms with E-state index in [-0.39, 0.29) is 24.0 Å². The molecule has 0 heterocycles. The fraction of sp³-hybridized carbons (Fsp3) is 0.222. The molecule has 0 saturated heterocycles. The van der Waals surface area contributed by atoms with Crippen LogP contribution in [0.15, 0.2) is 36.4 Å². The summed E-state index contributed by atoms with van der Waals surface area (Å²) in [4.78, 5) is 23.9. The van der Waals surface area contributed by atoms with Crippen molar-refractivity contribution < 1.29 is 18.7 Å². The Labute approximate surface area is 139 Å². The summed E-state index contributed by atoms with van der Waals surface area (Å²) >= 11 is 0. The number of halogens is 1. The van der Waals surface area contributed by atoms with Gasteiger partial charge in [0, 0.05) is 18.3 Å². The van der Waals surface area contributed by atoms with Crippen LogP contribution in [0.1, 0.15) is 21.5 Å². The van der Waals surface area contributed by atoms with Crippen molar-refractivity contribution in [1.29, 1.82) is 0 Å². The number of nitrogens with one attached hydrogen (secondary N) is 2. The fourth-order valence-corrected chi connectivity index (χ4v) is 2.24. The second-order valence-electron chi connectivity index (χ2n) is 5.30. The quantitative estimate of drug-likeness (QED) is 0.886. The average Bonchev–Trinajstić information content (AvgIpc) is 2.56. The van der Waals surface area contributed by atoms with Gasteiger partial charge in [-0.15, -0.1) is 0 Å². The molecule has 0 aliphatic rings. The van der Waals surface area contributed by atoms with Gasteiger partial charge in [0.05, 0.1) is 13.5 Å². The molecule has 24 heavy (non-hydrogen) atoms. The number of carbonyl (C=O) groups is 2. The summed E-state index contributed by atoms with van der Waals surface area (Å²) in [6.45, 7) is 1.83. The van der Waals surface area contributed by atoms with Crippen LogP contribution >= 0.6 is 0 Å². The molecule has 0 fully saturated rings. The Kier molecular flexibility index (Phi) is 5.52. The molecule has 0 bridgehead atoms. The van der Waals surface area contributed by atoms with Gasteiger partial charge in [-0.3, -0.25) is 9.59 Å². The van der Waals surface area contributed by atoms with Crippen molar-refractivity contribution in [1.82, 2.24) is 5.32 Å². The molecule has 6 heteroatoms. The summed E-state index contributed by atoms with van der Waals surface area (Å²) in [5.74, 6) is -0.909. The maximum atomic E-state index is 13.7. The molecule has 0 aromatic heterocycles. The van der Waals surface area contributed by atoms with Crippen molar-refractivity contribution in [2.24, 2.45) is 0 Å². The lowest BCUT2D eigenvalue weighted by atomic mass is 10.1. The zero-order valence-electron chi connectivity index (χ0n) is 13.8. The maximum absolute atomic E-state index is 13.7. The number of benzene rings is 2. The zero-order valence-corrected chi connectivity index (χ0v) is 13.8. The van der Waals surface area contributed by atoms with E-state index in [2.05, 4.69) is 10.6 Å². The molecule has 126 valence electrons. The zero-order chi connectivity index (χ0) is 17.7. The maximum Gasteiger partial charge on any atom is 0.251 e. The number of aryl methyl sites for hydroxylation is 1. The highest BCUT2D eigenvalue weighted by molar-refractivity contribution is 5.98. The number of methoxy groups -OCH3 is 1. The number of rotatable bonds is 5. The van der Waals surface area contributed by atoms with E-state index in [0.29, 0.717) is 16.8 Å². The highest BCUT2D eigenvalue weighted by atomic mass is 19.1. The largest absolute Gasteiger partial charge is 0.494 e. The van der Waals surface area contributed by atoms with Gasteiger partial charge < -0.3 is 15.4 Å². The Morgan fingerprint density at radius 1 is 1.17 bits per heavy atom. The van der Waals surface area contributed by atoms with Crippen molar-refractivity contribution in [3.63, 3.8) is 0 Å². The Hall–Kier alpha value is -2.89. The summed E-state index contributed by atoms with van der Waals surface area (Å²) in [6, 6.07) is 9.44. The van der Waals surface area contributed by atoms with Gasteiger partial charge in [-0.2, -0.15) is 0 Å². The van der Waals surface area contributed by atoms with Crippen LogP contribution in [-0.4, -0.2) is 26.0 Å². The predicted molar refractivity (Wildman–Crippen MR) is 89.9 cm³/mol. The average molecular weight is 330 g/mol. The van der Waals surface area contributed by atoms with E-state index in [0.717, 1.165) is 5.56 Å². The molecule has 0 saturated carbocycles. The van der Waals surface area contributed by atoms with Crippen LogP contribution in [0.3, 0.4) is 0 Å². The molecule has 2 rings (SSSR count). The molecule has 0 radical (unpaired) electrons. The first kappa shape index (κ1) is 17.5. The van der Waals surface area contributed by atoms with E-state index in [4.69, 9.17) is 4.74 Å². The fourth-order valence-electron chi connectivity index (χ4n) is 2.24. The van der Waals surface area contributed by atoms with Crippen molar-refractivity contribution in [2.45, 2.75) is 13.3 Å². The van der Waals surface area contributed by atoms with E-state index in [1.807, 2.05) is 6.92 Å². The van der Waals surface area contributed by atoms with E-state index in [9.17, 15) is 14.0 Å². The summed E-state index contributed by atoms with van der Waals surface area (Å²) < 4.78 is 18.5. The minimum absolute atomic E-state index is 0.0184. The van der Waals surface area contributed by atoms with E-state index in [1.54, 1.807) is 31.3 Å². The summed E-state index contributed by atoms with van der Waals surface area (Å²) in [5.41, 5.74) is 2.37. The van der Waals surface area contributed by atoms with Crippen LogP contribution in [0.25, 0.3) is 0 Å². The molecule has 2 amide bonds. The van der Waals surface area contributed by atoms with Gasteiger partial charge in [0.2, 0.25) is 5.91 Å². The second-order valence-corrected chi connectivity index (χ2v) is 5.30. The normalized spacial score (nSPS) is 10.2. The third-order valence-electron chi connectivity index (χ3n) is 3.58. The molecule has 0 atom stereocenters. The highest BCUT2D eigenvalue weighted by Crippen LogP contribution is 2.20. The Bertz CT molecular complexity index is 775. The highest BCUT2D eigenvalue weighted by Gasteiger charge is 2.11. The number of amides is 2. The first-order valence-electron chi connectivity index (χ1n) is 7.39. The summed E-state index contributed by atoms with van der Waals surface area (Å²) in [5, 5.41) is 5.29. The van der Waals surface area contributed by atoms with E-state index >= 15 is 0 Å². The molecular formula is C18H19FN2O3. The SMILES string of the molecule is CNC(=O)c1ccc(C)c(NC(=O)Cc2ccc(OC)c(F)c2)c1. The second kappa shape index (κ2) is 7.59. The topological polar surface area (TPSA) is 67.4 Å². The van der Waals surface area contributed by atoms with Gasteiger partial charge in [-0.25, -0.2) is 4.39 Å². The van der Waals surface area contributed by atoms with Crippen LogP contribution in [0.2, 0.25) is 0 Å². The number of hydrogen-bond donors (Lipinski definition) is 2. The summed E-state index contributed by atoms with van der Waals surface area (Å²) in [6.07, 6.45) is 0.0184. The standard InChI is InChI=1S/C18H19FN2O3/c1-11-4-6-13(18(23)20-2)10-15(11)21-17(22)9-12-5-7-16(24-3)14(19)8-12/h4-8,10H,9H2,1-3H3,(H,20,23)(H,21,22). The molecule has 0 aliphatic heterocycles. The molecular weight excluding hydrogens is 311 g/mol. The van der Waals surface area contributed by atoms with Crippen LogP contribution in [0.4, 0.5) is 10.1 Å². The minimum Gasteiger partial charge on any atom is -0.494 e. The smallest absolute Gasteiger partial charge is 0.251 e. The lowest BCUT2D eigenvalue weighted by molar-refractivity contribution is -0.115. The van der Waals surface area contributed by atoms with Crippen molar-refractivity contribution in [3.8, 4) is 5.75 Å². The molecule has 0 unspecified atom stereocenters. The van der Waals surface area contributed by atoms with Gasteiger partial charge in [0.1, 0.15) is 0 Å². The van der Waals surface area contributed by atoms with Crippen LogP contribution in [0, 0.1) is 12.7 Å². The van der Waals surface area contributed by atoms with Crippen molar-refractivity contribution >= 4 is 17.5 Å². The third kappa shape index (κ3) is 4.10. The van der Waals surface area contributed by atoms with Crippen LogP contribution < -0.4 is 15.4 Å². The number of anilines is 1. The van der Waals surface area contributed by atoms with Crippen LogP contribution in [0.5, 0.6) is 5.75 Å². The molecule has 2 N–H and O–H groups in total. The van der Waals surface area contributed by atoms with Gasteiger partial charge >= 0.3 is 0 Å². The van der Waals surface area contributed by atoms with Crippen molar-refractivity contribution in [3.05, 3.63) is 58.9 Å². The molecule has 2 aromatic carbocycles. The monoisotopic (exact) mass is 330 g/mol. The third-order valence-corrected chi connectivity index (χ3v) is 3.58. The first-order chi connectivity index (χ1) is 11.4. The van der Waals surface area contributed by atoms with E-state index in [1.165, 1.54) is 19.2 Å². The number of carbonyl (C=O) groups excluding carboxylic acids is 2. The molecule has 5 nitrogen and oxygen atoms in total. The van der Waals surface area contributed by atoms with Gasteiger partial charge in [0.25, 0.3) is 5.91 Å². The Morgan fingerprint density at radius 3 is 2.54 bits per heavy atom. The lowest BCUT2D eigenvalue weighted by Gasteiger charge is -2.11. The van der Waals surface area contributed by atoms with Gasteiger partial charge in [0.15, 0.2) is 11.6 Å².